The average molecular weight is 207 g/mol. The predicted octanol–water partition coefficient (Wildman–Crippen LogP) is 0.382. The zero-order valence-corrected chi connectivity index (χ0v) is 8.35. The first kappa shape index (κ1) is 10.0. The summed E-state index contributed by atoms with van der Waals surface area (Å²) in [6.07, 6.45) is 3.21. The molecule has 0 atom stereocenters. The van der Waals surface area contributed by atoms with E-state index in [2.05, 4.69) is 15.5 Å². The minimum absolute atomic E-state index is 0.00624. The highest BCUT2D eigenvalue weighted by Crippen LogP contribution is 2.14. The molecule has 2 rings (SSSR count). The number of carbonyl (C=O) groups is 1. The van der Waals surface area contributed by atoms with Crippen molar-refractivity contribution in [3.05, 3.63) is 18.3 Å². The third kappa shape index (κ3) is 2.73. The second-order valence-corrected chi connectivity index (χ2v) is 3.51. The highest BCUT2D eigenvalue weighted by Gasteiger charge is 2.23. The van der Waals surface area contributed by atoms with E-state index in [9.17, 15) is 4.79 Å². The van der Waals surface area contributed by atoms with Gasteiger partial charge in [-0.25, -0.2) is 0 Å². The van der Waals surface area contributed by atoms with Gasteiger partial charge in [0, 0.05) is 12.3 Å². The van der Waals surface area contributed by atoms with Crippen LogP contribution in [0.25, 0.3) is 0 Å². The number of esters is 1. The van der Waals surface area contributed by atoms with Gasteiger partial charge >= 0.3 is 5.97 Å². The first-order chi connectivity index (χ1) is 7.36. The molecular formula is C10H13N3O2. The van der Waals surface area contributed by atoms with Crippen molar-refractivity contribution in [2.75, 3.05) is 13.1 Å². The van der Waals surface area contributed by atoms with Crippen LogP contribution in [0, 0.1) is 5.92 Å². The zero-order chi connectivity index (χ0) is 10.5. The fourth-order valence-electron chi connectivity index (χ4n) is 1.59. The van der Waals surface area contributed by atoms with Crippen LogP contribution in [0.4, 0.5) is 0 Å². The van der Waals surface area contributed by atoms with E-state index < -0.39 is 0 Å². The van der Waals surface area contributed by atoms with Crippen LogP contribution in [0.5, 0.6) is 5.88 Å². The molecule has 1 N–H and O–H groups in total. The number of ether oxygens (including phenoxy) is 1. The fourth-order valence-corrected chi connectivity index (χ4v) is 1.59. The number of piperidine rings is 1. The van der Waals surface area contributed by atoms with E-state index in [1.54, 1.807) is 18.3 Å². The molecule has 1 aliphatic rings. The summed E-state index contributed by atoms with van der Waals surface area (Å²) in [6, 6.07) is 3.32. The molecule has 5 heteroatoms. The Balaban J connectivity index is 1.91. The number of hydrogen-bond donors (Lipinski definition) is 1. The Morgan fingerprint density at radius 1 is 1.47 bits per heavy atom. The van der Waals surface area contributed by atoms with Gasteiger partial charge < -0.3 is 10.1 Å². The highest BCUT2D eigenvalue weighted by molar-refractivity contribution is 5.74. The van der Waals surface area contributed by atoms with Crippen LogP contribution in [-0.4, -0.2) is 29.3 Å². The molecule has 0 amide bonds. The van der Waals surface area contributed by atoms with Crippen molar-refractivity contribution < 1.29 is 9.53 Å². The van der Waals surface area contributed by atoms with Crippen LogP contribution in [0.15, 0.2) is 18.3 Å². The number of aromatic nitrogens is 2. The van der Waals surface area contributed by atoms with Gasteiger partial charge in [0.15, 0.2) is 0 Å². The van der Waals surface area contributed by atoms with Crippen molar-refractivity contribution in [2.24, 2.45) is 5.92 Å². The van der Waals surface area contributed by atoms with Gasteiger partial charge in [0.05, 0.1) is 5.92 Å². The van der Waals surface area contributed by atoms with Gasteiger partial charge in [-0.05, 0) is 32.0 Å². The Kier molecular flexibility index (Phi) is 3.24. The quantitative estimate of drug-likeness (QED) is 0.710. The van der Waals surface area contributed by atoms with Gasteiger partial charge in [0.25, 0.3) is 0 Å². The van der Waals surface area contributed by atoms with E-state index >= 15 is 0 Å². The second-order valence-electron chi connectivity index (χ2n) is 3.51. The Labute approximate surface area is 87.8 Å². The van der Waals surface area contributed by atoms with Gasteiger partial charge in [0.1, 0.15) is 0 Å². The summed E-state index contributed by atoms with van der Waals surface area (Å²) >= 11 is 0. The average Bonchev–Trinajstić information content (AvgIpc) is 2.31. The van der Waals surface area contributed by atoms with Crippen LogP contribution >= 0.6 is 0 Å². The van der Waals surface area contributed by atoms with Gasteiger partial charge in [0.2, 0.25) is 5.88 Å². The van der Waals surface area contributed by atoms with Crippen LogP contribution in [0.1, 0.15) is 12.8 Å². The molecule has 1 saturated heterocycles. The lowest BCUT2D eigenvalue weighted by molar-refractivity contribution is -0.140. The van der Waals surface area contributed by atoms with Gasteiger partial charge in [-0.3, -0.25) is 4.79 Å². The minimum atomic E-state index is -0.197. The third-order valence-corrected chi connectivity index (χ3v) is 2.43. The molecule has 2 heterocycles. The van der Waals surface area contributed by atoms with Crippen molar-refractivity contribution >= 4 is 5.97 Å². The summed E-state index contributed by atoms with van der Waals surface area (Å²) in [5, 5.41) is 10.5. The Bertz CT molecular complexity index is 323. The molecular weight excluding hydrogens is 194 g/mol. The summed E-state index contributed by atoms with van der Waals surface area (Å²) in [6.45, 7) is 1.75. The summed E-state index contributed by atoms with van der Waals surface area (Å²) in [5.74, 6) is 0.0753. The van der Waals surface area contributed by atoms with Crippen molar-refractivity contribution in [1.82, 2.24) is 15.5 Å². The lowest BCUT2D eigenvalue weighted by atomic mass is 9.99. The number of nitrogens with one attached hydrogen (secondary N) is 1. The maximum atomic E-state index is 11.6. The number of carbonyl (C=O) groups excluding carboxylic acids is 1. The van der Waals surface area contributed by atoms with E-state index in [0.29, 0.717) is 0 Å². The molecule has 0 unspecified atom stereocenters. The fraction of sp³-hybridized carbons (Fsp3) is 0.500. The molecule has 80 valence electrons. The SMILES string of the molecule is O=C(Oc1cccnn1)C1CCNCC1. The molecule has 0 aromatic carbocycles. The monoisotopic (exact) mass is 207 g/mol. The van der Waals surface area contributed by atoms with Crippen molar-refractivity contribution in [3.8, 4) is 5.88 Å². The molecule has 0 aliphatic carbocycles. The highest BCUT2D eigenvalue weighted by atomic mass is 16.5. The molecule has 1 fully saturated rings. The van der Waals surface area contributed by atoms with Crippen molar-refractivity contribution in [1.29, 1.82) is 0 Å². The van der Waals surface area contributed by atoms with Crippen molar-refractivity contribution in [2.45, 2.75) is 12.8 Å². The number of nitrogens with zero attached hydrogens (tertiary/aromatic N) is 2. The number of hydrogen-bond acceptors (Lipinski definition) is 5. The molecule has 0 spiro atoms. The van der Waals surface area contributed by atoms with E-state index in [1.807, 2.05) is 0 Å². The van der Waals surface area contributed by atoms with E-state index in [4.69, 9.17) is 4.74 Å². The van der Waals surface area contributed by atoms with E-state index in [1.165, 1.54) is 0 Å². The molecule has 1 aliphatic heterocycles. The van der Waals surface area contributed by atoms with E-state index in [-0.39, 0.29) is 17.8 Å². The summed E-state index contributed by atoms with van der Waals surface area (Å²) in [5.41, 5.74) is 0. The minimum Gasteiger partial charge on any atom is -0.406 e. The summed E-state index contributed by atoms with van der Waals surface area (Å²) < 4.78 is 5.11. The number of rotatable bonds is 2. The normalized spacial score (nSPS) is 17.3. The predicted molar refractivity (Wildman–Crippen MR) is 53.3 cm³/mol. The Morgan fingerprint density at radius 3 is 2.93 bits per heavy atom. The first-order valence-corrected chi connectivity index (χ1v) is 5.06. The molecule has 15 heavy (non-hydrogen) atoms. The maximum absolute atomic E-state index is 11.6. The van der Waals surface area contributed by atoms with Crippen LogP contribution in [0.3, 0.4) is 0 Å². The second kappa shape index (κ2) is 4.84. The molecule has 0 radical (unpaired) electrons. The van der Waals surface area contributed by atoms with Gasteiger partial charge in [-0.1, -0.05) is 0 Å². The van der Waals surface area contributed by atoms with Gasteiger partial charge in [-0.2, -0.15) is 5.10 Å². The van der Waals surface area contributed by atoms with Crippen LogP contribution in [-0.2, 0) is 4.79 Å². The van der Waals surface area contributed by atoms with Crippen LogP contribution < -0.4 is 10.1 Å². The Morgan fingerprint density at radius 2 is 2.27 bits per heavy atom. The zero-order valence-electron chi connectivity index (χ0n) is 8.35. The summed E-state index contributed by atoms with van der Waals surface area (Å²) in [4.78, 5) is 11.6. The third-order valence-electron chi connectivity index (χ3n) is 2.43. The first-order valence-electron chi connectivity index (χ1n) is 5.06. The summed E-state index contributed by atoms with van der Waals surface area (Å²) in [7, 11) is 0. The largest absolute Gasteiger partial charge is 0.406 e. The molecule has 0 saturated carbocycles. The van der Waals surface area contributed by atoms with Gasteiger partial charge in [-0.15, -0.1) is 5.10 Å². The molecule has 1 aromatic rings. The Hall–Kier alpha value is -1.49. The topological polar surface area (TPSA) is 64.1 Å². The smallest absolute Gasteiger partial charge is 0.315 e. The molecule has 1 aromatic heterocycles. The standard InChI is InChI=1S/C10H13N3O2/c14-10(8-3-6-11-7-4-8)15-9-2-1-5-12-13-9/h1-2,5,8,11H,3-4,6-7H2. The molecule has 0 bridgehead atoms. The lowest BCUT2D eigenvalue weighted by Gasteiger charge is -2.20. The maximum Gasteiger partial charge on any atom is 0.315 e. The van der Waals surface area contributed by atoms with Crippen LogP contribution in [0.2, 0.25) is 0 Å². The van der Waals surface area contributed by atoms with Crippen molar-refractivity contribution in [3.63, 3.8) is 0 Å². The molecule has 5 nitrogen and oxygen atoms in total. The lowest BCUT2D eigenvalue weighted by Crippen LogP contribution is -2.33. The van der Waals surface area contributed by atoms with E-state index in [0.717, 1.165) is 25.9 Å².